The molecule has 0 spiro atoms. The van der Waals surface area contributed by atoms with E-state index in [1.165, 1.54) is 6.92 Å². The van der Waals surface area contributed by atoms with Gasteiger partial charge in [0, 0.05) is 6.54 Å². The molecule has 3 aromatic rings. The molecule has 0 aliphatic carbocycles. The highest BCUT2D eigenvalue weighted by Crippen LogP contribution is 2.47. The van der Waals surface area contributed by atoms with Crippen LogP contribution in [0.5, 0.6) is 0 Å². The number of methoxy groups -OCH3 is 1. The Labute approximate surface area is 254 Å². The van der Waals surface area contributed by atoms with Crippen LogP contribution in [0.1, 0.15) is 54.4 Å². The molecule has 2 heterocycles. The van der Waals surface area contributed by atoms with Crippen LogP contribution < -0.4 is 9.80 Å². The van der Waals surface area contributed by atoms with Gasteiger partial charge in [-0.15, -0.1) is 10.2 Å². The second-order valence-electron chi connectivity index (χ2n) is 9.98. The topological polar surface area (TPSA) is 103 Å². The van der Waals surface area contributed by atoms with Gasteiger partial charge in [-0.25, -0.2) is 9.59 Å². The summed E-state index contributed by atoms with van der Waals surface area (Å²) in [7, 11) is 1.04. The van der Waals surface area contributed by atoms with Crippen molar-refractivity contribution in [3.8, 4) is 0 Å². The maximum atomic E-state index is 13.9. The zero-order chi connectivity index (χ0) is 34.2. The molecule has 0 fully saturated rings. The number of fused-ring (bicyclic) bond motifs is 1. The van der Waals surface area contributed by atoms with E-state index in [0.29, 0.717) is 29.1 Å². The Morgan fingerprint density at radius 3 is 2.02 bits per heavy atom. The molecular weight excluding hydrogens is 643 g/mol. The maximum absolute atomic E-state index is 13.9. The van der Waals surface area contributed by atoms with Gasteiger partial charge >= 0.3 is 30.6 Å². The predicted molar refractivity (Wildman–Crippen MR) is 140 cm³/mol. The van der Waals surface area contributed by atoms with Gasteiger partial charge < -0.3 is 14.4 Å². The standard InChI is InChI=1S/C27H25F9N6O4/c1-4-18-12-40(20-11-15(25(28,29)30)6-7-19(20)42(18)24(44)46-5-2)22(23-37-39-41(38-23)13-21(43)45-3)14-8-16(26(31,32)33)10-17(9-14)27(34,35)36/h6-11,18,22H,4-5,12-13H2,1-3H3. The number of ether oxygens (including phenoxy) is 2. The summed E-state index contributed by atoms with van der Waals surface area (Å²) in [5, 5.41) is 11.4. The molecule has 0 bridgehead atoms. The average molecular weight is 669 g/mol. The van der Waals surface area contributed by atoms with E-state index in [4.69, 9.17) is 4.74 Å². The molecule has 0 radical (unpaired) electrons. The monoisotopic (exact) mass is 668 g/mol. The molecule has 19 heteroatoms. The van der Waals surface area contributed by atoms with E-state index in [0.717, 1.165) is 23.0 Å². The normalized spacial score (nSPS) is 16.2. The highest BCUT2D eigenvalue weighted by Gasteiger charge is 2.44. The van der Waals surface area contributed by atoms with Crippen molar-refractivity contribution in [1.29, 1.82) is 0 Å². The number of alkyl halides is 9. The first-order valence-corrected chi connectivity index (χ1v) is 13.5. The third kappa shape index (κ3) is 7.12. The van der Waals surface area contributed by atoms with E-state index in [1.54, 1.807) is 6.92 Å². The van der Waals surface area contributed by atoms with Crippen molar-refractivity contribution in [1.82, 2.24) is 20.2 Å². The molecule has 46 heavy (non-hydrogen) atoms. The Morgan fingerprint density at radius 1 is 0.891 bits per heavy atom. The molecule has 1 aromatic heterocycles. The highest BCUT2D eigenvalue weighted by molar-refractivity contribution is 5.95. The zero-order valence-electron chi connectivity index (χ0n) is 24.2. The lowest BCUT2D eigenvalue weighted by molar-refractivity contribution is -0.144. The summed E-state index contributed by atoms with van der Waals surface area (Å²) in [4.78, 5) is 27.6. The number of benzene rings is 2. The van der Waals surface area contributed by atoms with Crippen molar-refractivity contribution in [3.05, 3.63) is 64.5 Å². The van der Waals surface area contributed by atoms with Crippen LogP contribution >= 0.6 is 0 Å². The summed E-state index contributed by atoms with van der Waals surface area (Å²) in [6.07, 6.45) is -16.3. The van der Waals surface area contributed by atoms with Gasteiger partial charge in [-0.2, -0.15) is 44.3 Å². The summed E-state index contributed by atoms with van der Waals surface area (Å²) in [5.41, 5.74) is -5.90. The summed E-state index contributed by atoms with van der Waals surface area (Å²) in [5.74, 6) is -1.44. The highest BCUT2D eigenvalue weighted by atomic mass is 19.4. The summed E-state index contributed by atoms with van der Waals surface area (Å²) in [6, 6.07) is 0.185. The van der Waals surface area contributed by atoms with Crippen LogP contribution in [-0.4, -0.2) is 58.6 Å². The van der Waals surface area contributed by atoms with Crippen molar-refractivity contribution in [2.75, 3.05) is 30.1 Å². The Kier molecular flexibility index (Phi) is 9.44. The van der Waals surface area contributed by atoms with Crippen LogP contribution in [0.4, 0.5) is 55.7 Å². The number of hydrogen-bond donors (Lipinski definition) is 0. The molecule has 10 nitrogen and oxygen atoms in total. The molecule has 2 atom stereocenters. The minimum Gasteiger partial charge on any atom is -0.468 e. The molecule has 0 saturated carbocycles. The van der Waals surface area contributed by atoms with Crippen molar-refractivity contribution >= 4 is 23.4 Å². The third-order valence-electron chi connectivity index (χ3n) is 7.03. The Morgan fingerprint density at radius 2 is 1.50 bits per heavy atom. The fraction of sp³-hybridized carbons (Fsp3) is 0.444. The van der Waals surface area contributed by atoms with Gasteiger partial charge in [0.2, 0.25) is 5.82 Å². The van der Waals surface area contributed by atoms with Crippen molar-refractivity contribution in [3.63, 3.8) is 0 Å². The van der Waals surface area contributed by atoms with Crippen LogP contribution in [0.15, 0.2) is 36.4 Å². The minimum absolute atomic E-state index is 0.105. The lowest BCUT2D eigenvalue weighted by Gasteiger charge is -2.45. The Hall–Kier alpha value is -4.58. The van der Waals surface area contributed by atoms with E-state index in [1.807, 2.05) is 0 Å². The lowest BCUT2D eigenvalue weighted by Crippen LogP contribution is -2.53. The molecule has 1 aliphatic rings. The van der Waals surface area contributed by atoms with Gasteiger partial charge in [0.25, 0.3) is 0 Å². The number of amides is 1. The van der Waals surface area contributed by atoms with Crippen LogP contribution in [0.25, 0.3) is 0 Å². The number of hydrogen-bond acceptors (Lipinski definition) is 8. The number of nitrogens with zero attached hydrogens (tertiary/aromatic N) is 6. The Balaban J connectivity index is 2.05. The molecule has 2 aromatic carbocycles. The van der Waals surface area contributed by atoms with Gasteiger partial charge in [0.1, 0.15) is 6.04 Å². The van der Waals surface area contributed by atoms with Crippen molar-refractivity contribution < 1.29 is 58.6 Å². The number of esters is 1. The minimum atomic E-state index is -5.27. The fourth-order valence-corrected chi connectivity index (χ4v) is 4.95. The number of aromatic nitrogens is 4. The third-order valence-corrected chi connectivity index (χ3v) is 7.03. The van der Waals surface area contributed by atoms with Gasteiger partial charge in [-0.05, 0) is 60.5 Å². The number of carbonyl (C=O) groups excluding carboxylic acids is 2. The SMILES string of the molecule is CCOC(=O)N1c2ccc(C(F)(F)F)cc2N(C(c2cc(C(F)(F)F)cc(C(F)(F)F)c2)c2nnn(CC(=O)OC)n2)CC1CC. The van der Waals surface area contributed by atoms with Crippen molar-refractivity contribution in [2.45, 2.75) is 57.4 Å². The molecule has 2 unspecified atom stereocenters. The van der Waals surface area contributed by atoms with E-state index in [9.17, 15) is 49.1 Å². The van der Waals surface area contributed by atoms with Gasteiger partial charge in [0.15, 0.2) is 6.54 Å². The van der Waals surface area contributed by atoms with E-state index >= 15 is 0 Å². The molecule has 1 aliphatic heterocycles. The largest absolute Gasteiger partial charge is 0.468 e. The van der Waals surface area contributed by atoms with Crippen molar-refractivity contribution in [2.24, 2.45) is 0 Å². The molecule has 0 N–H and O–H groups in total. The predicted octanol–water partition coefficient (Wildman–Crippen LogP) is 6.25. The zero-order valence-corrected chi connectivity index (χ0v) is 24.2. The van der Waals surface area contributed by atoms with Crippen LogP contribution in [0, 0.1) is 0 Å². The van der Waals surface area contributed by atoms with Gasteiger partial charge in [0.05, 0.1) is 47.8 Å². The fourth-order valence-electron chi connectivity index (χ4n) is 4.95. The molecule has 1 amide bonds. The van der Waals surface area contributed by atoms with Crippen LogP contribution in [-0.2, 0) is 39.3 Å². The second kappa shape index (κ2) is 12.7. The second-order valence-corrected chi connectivity index (χ2v) is 9.98. The maximum Gasteiger partial charge on any atom is 0.416 e. The molecule has 250 valence electrons. The number of tetrazole rings is 1. The van der Waals surface area contributed by atoms with Crippen LogP contribution in [0.2, 0.25) is 0 Å². The number of carbonyl (C=O) groups is 2. The van der Waals surface area contributed by atoms with E-state index in [2.05, 4.69) is 20.1 Å². The molecular formula is C27H25F9N6O4. The Bertz CT molecular complexity index is 1560. The van der Waals surface area contributed by atoms with E-state index < -0.39 is 89.5 Å². The lowest BCUT2D eigenvalue weighted by atomic mass is 9.94. The number of rotatable bonds is 7. The molecule has 0 saturated heterocycles. The van der Waals surface area contributed by atoms with E-state index in [-0.39, 0.29) is 24.8 Å². The van der Waals surface area contributed by atoms with Gasteiger partial charge in [-0.3, -0.25) is 4.90 Å². The first-order chi connectivity index (χ1) is 21.4. The summed E-state index contributed by atoms with van der Waals surface area (Å²) in [6.45, 7) is 1.92. The molecule has 4 rings (SSSR count). The average Bonchev–Trinajstić information content (AvgIpc) is 3.42. The first-order valence-electron chi connectivity index (χ1n) is 13.5. The smallest absolute Gasteiger partial charge is 0.416 e. The summed E-state index contributed by atoms with van der Waals surface area (Å²) >= 11 is 0. The quantitative estimate of drug-likeness (QED) is 0.215. The van der Waals surface area contributed by atoms with Gasteiger partial charge in [-0.1, -0.05) is 6.92 Å². The number of anilines is 2. The number of halogens is 9. The first kappa shape index (κ1) is 34.3. The van der Waals surface area contributed by atoms with Crippen LogP contribution in [0.3, 0.4) is 0 Å². The summed E-state index contributed by atoms with van der Waals surface area (Å²) < 4.78 is 135.